The molecule has 0 bridgehead atoms. The molecule has 1 aliphatic carbocycles. The van der Waals surface area contributed by atoms with Crippen LogP contribution in [0.5, 0.6) is 0 Å². The number of para-hydroxylation sites is 1. The molecule has 1 aliphatic rings. The van der Waals surface area contributed by atoms with Gasteiger partial charge in [-0.25, -0.2) is 0 Å². The van der Waals surface area contributed by atoms with Crippen molar-refractivity contribution in [3.63, 3.8) is 0 Å². The molecule has 0 radical (unpaired) electrons. The summed E-state index contributed by atoms with van der Waals surface area (Å²) in [5.74, 6) is -1.02. The SMILES string of the molecule is CC(NCC1CCCCC1)C(=O)O.NC(Cc1c[nH]c2ccccc12)C(=O)O. The van der Waals surface area contributed by atoms with Crippen LogP contribution in [-0.4, -0.2) is 45.8 Å². The van der Waals surface area contributed by atoms with Gasteiger partial charge >= 0.3 is 11.9 Å². The molecule has 2 aromatic rings. The van der Waals surface area contributed by atoms with Gasteiger partial charge in [-0.1, -0.05) is 37.5 Å². The van der Waals surface area contributed by atoms with Gasteiger partial charge in [0.2, 0.25) is 0 Å². The second-order valence-corrected chi connectivity index (χ2v) is 7.48. The molecule has 7 nitrogen and oxygen atoms in total. The van der Waals surface area contributed by atoms with Crippen molar-refractivity contribution in [2.24, 2.45) is 11.7 Å². The fraction of sp³-hybridized carbons (Fsp3) is 0.524. The number of aromatic amines is 1. The van der Waals surface area contributed by atoms with Crippen molar-refractivity contribution < 1.29 is 19.8 Å². The molecule has 1 aromatic heterocycles. The van der Waals surface area contributed by atoms with E-state index in [9.17, 15) is 9.59 Å². The predicted molar refractivity (Wildman–Crippen MR) is 109 cm³/mol. The summed E-state index contributed by atoms with van der Waals surface area (Å²) < 4.78 is 0. The van der Waals surface area contributed by atoms with Crippen molar-refractivity contribution in [3.05, 3.63) is 36.0 Å². The minimum absolute atomic E-state index is 0.347. The van der Waals surface area contributed by atoms with E-state index in [0.717, 1.165) is 23.0 Å². The molecule has 2 unspecified atom stereocenters. The average Bonchev–Trinajstić information content (AvgIpc) is 3.10. The predicted octanol–water partition coefficient (Wildman–Crippen LogP) is 2.75. The van der Waals surface area contributed by atoms with Crippen LogP contribution in [0.2, 0.25) is 0 Å². The molecule has 0 spiro atoms. The number of rotatable bonds is 7. The topological polar surface area (TPSA) is 128 Å². The number of H-pyrrole nitrogens is 1. The second kappa shape index (κ2) is 10.8. The van der Waals surface area contributed by atoms with Gasteiger partial charge in [-0.15, -0.1) is 0 Å². The van der Waals surface area contributed by atoms with Gasteiger partial charge in [-0.3, -0.25) is 9.59 Å². The number of carboxylic acid groups (broad SMARTS) is 2. The van der Waals surface area contributed by atoms with E-state index in [2.05, 4.69) is 10.3 Å². The van der Waals surface area contributed by atoms with E-state index in [1.165, 1.54) is 32.1 Å². The molecular formula is C21H31N3O4. The summed E-state index contributed by atoms with van der Waals surface area (Å²) in [5, 5.41) is 21.5. The number of hydrogen-bond donors (Lipinski definition) is 5. The summed E-state index contributed by atoms with van der Waals surface area (Å²) in [6, 6.07) is 6.51. The van der Waals surface area contributed by atoms with Gasteiger partial charge in [0.15, 0.2) is 0 Å². The molecule has 0 saturated heterocycles. The van der Waals surface area contributed by atoms with Crippen LogP contribution in [0, 0.1) is 5.92 Å². The van der Waals surface area contributed by atoms with Crippen molar-refractivity contribution in [3.8, 4) is 0 Å². The number of fused-ring (bicyclic) bond motifs is 1. The summed E-state index contributed by atoms with van der Waals surface area (Å²) >= 11 is 0. The number of nitrogens with two attached hydrogens (primary N) is 1. The number of benzene rings is 1. The summed E-state index contributed by atoms with van der Waals surface area (Å²) in [4.78, 5) is 24.2. The molecule has 3 rings (SSSR count). The number of hydrogen-bond acceptors (Lipinski definition) is 4. The standard InChI is InChI=1S/C11H12N2O2.C10H19NO2/c12-9(11(14)15)5-7-6-13-10-4-2-1-3-8(7)10;1-8(10(12)13)11-7-9-5-3-2-4-6-9/h1-4,6,9,13H,5,12H2,(H,14,15);8-9,11H,2-7H2,1H3,(H,12,13). The van der Waals surface area contributed by atoms with Crippen LogP contribution < -0.4 is 11.1 Å². The van der Waals surface area contributed by atoms with Crippen LogP contribution in [0.4, 0.5) is 0 Å². The summed E-state index contributed by atoms with van der Waals surface area (Å²) in [7, 11) is 0. The average molecular weight is 389 g/mol. The highest BCUT2D eigenvalue weighted by Crippen LogP contribution is 2.22. The number of aromatic nitrogens is 1. The summed E-state index contributed by atoms with van der Waals surface area (Å²) in [5.41, 5.74) is 7.43. The lowest BCUT2D eigenvalue weighted by Gasteiger charge is -2.22. The maximum Gasteiger partial charge on any atom is 0.320 e. The van der Waals surface area contributed by atoms with E-state index in [4.69, 9.17) is 15.9 Å². The third-order valence-corrected chi connectivity index (χ3v) is 5.24. The zero-order chi connectivity index (χ0) is 20.5. The quantitative estimate of drug-likeness (QED) is 0.495. The molecule has 154 valence electrons. The van der Waals surface area contributed by atoms with Crippen molar-refractivity contribution in [2.45, 2.75) is 57.5 Å². The second-order valence-electron chi connectivity index (χ2n) is 7.48. The maximum absolute atomic E-state index is 10.6. The molecule has 2 atom stereocenters. The molecule has 1 saturated carbocycles. The van der Waals surface area contributed by atoms with Gasteiger partial charge in [0, 0.05) is 23.5 Å². The Morgan fingerprint density at radius 2 is 1.86 bits per heavy atom. The van der Waals surface area contributed by atoms with Gasteiger partial charge < -0.3 is 26.2 Å². The monoisotopic (exact) mass is 389 g/mol. The van der Waals surface area contributed by atoms with E-state index < -0.39 is 24.0 Å². The number of aliphatic carboxylic acids is 2. The van der Waals surface area contributed by atoms with Crippen LogP contribution in [-0.2, 0) is 16.0 Å². The Kier molecular flexibility index (Phi) is 8.47. The Hall–Kier alpha value is -2.38. The Balaban J connectivity index is 0.000000203. The van der Waals surface area contributed by atoms with E-state index in [1.54, 1.807) is 6.92 Å². The zero-order valence-corrected chi connectivity index (χ0v) is 16.4. The maximum atomic E-state index is 10.6. The first-order chi connectivity index (χ1) is 13.4. The van der Waals surface area contributed by atoms with E-state index in [-0.39, 0.29) is 0 Å². The smallest absolute Gasteiger partial charge is 0.320 e. The lowest BCUT2D eigenvalue weighted by molar-refractivity contribution is -0.139. The first-order valence-corrected chi connectivity index (χ1v) is 9.88. The molecule has 0 aliphatic heterocycles. The Morgan fingerprint density at radius 3 is 2.50 bits per heavy atom. The molecule has 28 heavy (non-hydrogen) atoms. The highest BCUT2D eigenvalue weighted by molar-refractivity contribution is 5.84. The van der Waals surface area contributed by atoms with Gasteiger partial charge in [0.05, 0.1) is 0 Å². The van der Waals surface area contributed by atoms with Crippen LogP contribution >= 0.6 is 0 Å². The van der Waals surface area contributed by atoms with Crippen molar-refractivity contribution in [1.29, 1.82) is 0 Å². The Morgan fingerprint density at radius 1 is 1.18 bits per heavy atom. The molecule has 7 heteroatoms. The third-order valence-electron chi connectivity index (χ3n) is 5.24. The number of nitrogens with one attached hydrogen (secondary N) is 2. The normalized spacial score (nSPS) is 16.8. The Labute approximate surface area is 165 Å². The van der Waals surface area contributed by atoms with Crippen molar-refractivity contribution >= 4 is 22.8 Å². The van der Waals surface area contributed by atoms with E-state index >= 15 is 0 Å². The van der Waals surface area contributed by atoms with Crippen LogP contribution in [0.25, 0.3) is 10.9 Å². The molecule has 0 amide bonds. The minimum Gasteiger partial charge on any atom is -0.480 e. The fourth-order valence-corrected chi connectivity index (χ4v) is 3.45. The summed E-state index contributed by atoms with van der Waals surface area (Å²) in [6.07, 6.45) is 8.66. The van der Waals surface area contributed by atoms with E-state index in [0.29, 0.717) is 12.3 Å². The first-order valence-electron chi connectivity index (χ1n) is 9.88. The van der Waals surface area contributed by atoms with Crippen LogP contribution in [0.3, 0.4) is 0 Å². The van der Waals surface area contributed by atoms with Gasteiger partial charge in [-0.05, 0) is 43.9 Å². The van der Waals surface area contributed by atoms with E-state index in [1.807, 2.05) is 30.5 Å². The molecule has 1 heterocycles. The lowest BCUT2D eigenvalue weighted by atomic mass is 9.89. The molecule has 6 N–H and O–H groups in total. The van der Waals surface area contributed by atoms with Crippen LogP contribution in [0.15, 0.2) is 30.5 Å². The lowest BCUT2D eigenvalue weighted by Crippen LogP contribution is -2.37. The largest absolute Gasteiger partial charge is 0.480 e. The molecule has 1 fully saturated rings. The van der Waals surface area contributed by atoms with Crippen LogP contribution in [0.1, 0.15) is 44.6 Å². The Bertz CT molecular complexity index is 768. The highest BCUT2D eigenvalue weighted by Gasteiger charge is 2.16. The minimum atomic E-state index is -0.972. The van der Waals surface area contributed by atoms with Gasteiger partial charge in [0.25, 0.3) is 0 Å². The third kappa shape index (κ3) is 6.65. The van der Waals surface area contributed by atoms with Crippen molar-refractivity contribution in [2.75, 3.05) is 6.54 Å². The fourth-order valence-electron chi connectivity index (χ4n) is 3.45. The molecular weight excluding hydrogens is 358 g/mol. The van der Waals surface area contributed by atoms with Gasteiger partial charge in [0.1, 0.15) is 12.1 Å². The number of carboxylic acids is 2. The first kappa shape index (κ1) is 21.9. The summed E-state index contributed by atoms with van der Waals surface area (Å²) in [6.45, 7) is 2.57. The highest BCUT2D eigenvalue weighted by atomic mass is 16.4. The molecule has 1 aromatic carbocycles. The number of carbonyl (C=O) groups is 2. The zero-order valence-electron chi connectivity index (χ0n) is 16.4. The van der Waals surface area contributed by atoms with Crippen molar-refractivity contribution in [1.82, 2.24) is 10.3 Å². The van der Waals surface area contributed by atoms with Gasteiger partial charge in [-0.2, -0.15) is 0 Å².